The highest BCUT2D eigenvalue weighted by molar-refractivity contribution is 5.68. The monoisotopic (exact) mass is 361 g/mol. The van der Waals surface area contributed by atoms with Crippen molar-refractivity contribution in [2.75, 3.05) is 24.9 Å². The average molecular weight is 361 g/mol. The third kappa shape index (κ3) is 4.25. The molecule has 2 aromatic carbocycles. The van der Waals surface area contributed by atoms with Crippen molar-refractivity contribution in [2.45, 2.75) is 6.92 Å². The summed E-state index contributed by atoms with van der Waals surface area (Å²) in [5.41, 5.74) is 2.70. The number of anilines is 4. The van der Waals surface area contributed by atoms with Crippen LogP contribution in [0.4, 0.5) is 23.1 Å². The number of methoxy groups -OCH3 is 2. The molecule has 0 saturated carbocycles. The van der Waals surface area contributed by atoms with Crippen molar-refractivity contribution in [3.63, 3.8) is 0 Å². The third-order valence-corrected chi connectivity index (χ3v) is 3.82. The van der Waals surface area contributed by atoms with Gasteiger partial charge >= 0.3 is 0 Å². The van der Waals surface area contributed by atoms with Crippen LogP contribution in [0.2, 0.25) is 0 Å². The zero-order valence-corrected chi connectivity index (χ0v) is 15.3. The van der Waals surface area contributed by atoms with Gasteiger partial charge < -0.3 is 20.1 Å². The Balaban J connectivity index is 1.89. The van der Waals surface area contributed by atoms with Gasteiger partial charge in [0, 0.05) is 17.8 Å². The first-order valence-corrected chi connectivity index (χ1v) is 8.24. The van der Waals surface area contributed by atoms with E-state index in [9.17, 15) is 5.26 Å². The van der Waals surface area contributed by atoms with Crippen molar-refractivity contribution in [1.82, 2.24) is 9.97 Å². The lowest BCUT2D eigenvalue weighted by Crippen LogP contribution is -2.04. The molecule has 3 aromatic rings. The summed E-state index contributed by atoms with van der Waals surface area (Å²) >= 11 is 0. The van der Waals surface area contributed by atoms with Crippen molar-refractivity contribution in [1.29, 1.82) is 5.26 Å². The van der Waals surface area contributed by atoms with Crippen molar-refractivity contribution in [3.8, 4) is 17.6 Å². The summed E-state index contributed by atoms with van der Waals surface area (Å²) in [6.45, 7) is 1.87. The van der Waals surface area contributed by atoms with Crippen LogP contribution in [0, 0.1) is 18.3 Å². The first-order valence-electron chi connectivity index (χ1n) is 8.24. The van der Waals surface area contributed by atoms with Gasteiger partial charge in [-0.25, -0.2) is 4.98 Å². The minimum atomic E-state index is 0.396. The summed E-state index contributed by atoms with van der Waals surface area (Å²) < 4.78 is 10.6. The van der Waals surface area contributed by atoms with Crippen molar-refractivity contribution >= 4 is 23.1 Å². The van der Waals surface area contributed by atoms with Crippen LogP contribution in [0.3, 0.4) is 0 Å². The normalized spacial score (nSPS) is 10.0. The topological polar surface area (TPSA) is 92.1 Å². The van der Waals surface area contributed by atoms with E-state index in [0.29, 0.717) is 34.5 Å². The van der Waals surface area contributed by atoms with Crippen LogP contribution in [-0.2, 0) is 0 Å². The number of nitrogens with one attached hydrogen (secondary N) is 2. The number of benzene rings is 2. The Morgan fingerprint density at radius 3 is 2.48 bits per heavy atom. The molecule has 0 bridgehead atoms. The highest BCUT2D eigenvalue weighted by Crippen LogP contribution is 2.31. The molecule has 2 N–H and O–H groups in total. The minimum Gasteiger partial charge on any atom is -0.497 e. The van der Waals surface area contributed by atoms with E-state index >= 15 is 0 Å². The van der Waals surface area contributed by atoms with Gasteiger partial charge in [0.15, 0.2) is 0 Å². The van der Waals surface area contributed by atoms with E-state index in [4.69, 9.17) is 9.47 Å². The molecule has 136 valence electrons. The van der Waals surface area contributed by atoms with Crippen LogP contribution in [-0.4, -0.2) is 24.2 Å². The number of ether oxygens (including phenoxy) is 2. The Kier molecular flexibility index (Phi) is 5.38. The second kappa shape index (κ2) is 8.06. The average Bonchev–Trinajstić information content (AvgIpc) is 2.68. The van der Waals surface area contributed by atoms with E-state index < -0.39 is 0 Å². The molecule has 0 unspecified atom stereocenters. The molecule has 1 heterocycles. The number of aryl methyl sites for hydroxylation is 1. The molecule has 0 spiro atoms. The molecule has 0 aliphatic heterocycles. The molecule has 0 aliphatic rings. The van der Waals surface area contributed by atoms with Gasteiger partial charge in [0.25, 0.3) is 0 Å². The Hall–Kier alpha value is -3.79. The summed E-state index contributed by atoms with van der Waals surface area (Å²) in [4.78, 5) is 8.88. The second-order valence-electron chi connectivity index (χ2n) is 5.69. The lowest BCUT2D eigenvalue weighted by atomic mass is 10.2. The SMILES string of the molecule is COc1ccc(Nc2cc(C)nc(Nc3ccccc3C#N)n2)c(OC)c1. The Bertz CT molecular complexity index is 998. The maximum Gasteiger partial charge on any atom is 0.229 e. The van der Waals surface area contributed by atoms with Crippen LogP contribution >= 0.6 is 0 Å². The Labute approximate surface area is 157 Å². The molecule has 0 atom stereocenters. The maximum atomic E-state index is 9.23. The molecule has 27 heavy (non-hydrogen) atoms. The number of rotatable bonds is 6. The van der Waals surface area contributed by atoms with Crippen molar-refractivity contribution in [2.24, 2.45) is 0 Å². The predicted molar refractivity (Wildman–Crippen MR) is 104 cm³/mol. The van der Waals surface area contributed by atoms with E-state index in [1.54, 1.807) is 26.4 Å². The van der Waals surface area contributed by atoms with E-state index in [0.717, 1.165) is 11.4 Å². The van der Waals surface area contributed by atoms with E-state index in [1.807, 2.05) is 43.3 Å². The molecule has 7 heteroatoms. The number of hydrogen-bond acceptors (Lipinski definition) is 7. The first kappa shape index (κ1) is 18.0. The molecule has 0 saturated heterocycles. The lowest BCUT2D eigenvalue weighted by molar-refractivity contribution is 0.395. The maximum absolute atomic E-state index is 9.23. The van der Waals surface area contributed by atoms with Gasteiger partial charge in [-0.15, -0.1) is 0 Å². The molecule has 0 radical (unpaired) electrons. The molecular formula is C20H19N5O2. The zero-order chi connectivity index (χ0) is 19.2. The van der Waals surface area contributed by atoms with Gasteiger partial charge in [0.1, 0.15) is 23.4 Å². The molecule has 0 aliphatic carbocycles. The largest absolute Gasteiger partial charge is 0.497 e. The number of aromatic nitrogens is 2. The van der Waals surface area contributed by atoms with Gasteiger partial charge in [-0.2, -0.15) is 10.2 Å². The Morgan fingerprint density at radius 1 is 0.926 bits per heavy atom. The summed E-state index contributed by atoms with van der Waals surface area (Å²) in [6, 6.07) is 16.7. The van der Waals surface area contributed by atoms with E-state index in [2.05, 4.69) is 26.7 Å². The molecule has 7 nitrogen and oxygen atoms in total. The van der Waals surface area contributed by atoms with Crippen LogP contribution in [0.25, 0.3) is 0 Å². The fourth-order valence-corrected chi connectivity index (χ4v) is 2.54. The van der Waals surface area contributed by atoms with Gasteiger partial charge in [-0.1, -0.05) is 12.1 Å². The standard InChI is InChI=1S/C20H19N5O2/c1-13-10-19(23-17-9-8-15(26-2)11-18(17)27-3)25-20(22-13)24-16-7-5-4-6-14(16)12-21/h4-11H,1-3H3,(H2,22,23,24,25). The van der Waals surface area contributed by atoms with Gasteiger partial charge in [-0.05, 0) is 31.2 Å². The quantitative estimate of drug-likeness (QED) is 0.681. The van der Waals surface area contributed by atoms with Crippen LogP contribution in [0.5, 0.6) is 11.5 Å². The summed E-state index contributed by atoms with van der Waals surface area (Å²) in [7, 11) is 3.20. The molecule has 0 amide bonds. The molecule has 1 aromatic heterocycles. The van der Waals surface area contributed by atoms with Crippen molar-refractivity contribution < 1.29 is 9.47 Å². The number of nitrogens with zero attached hydrogens (tertiary/aromatic N) is 3. The smallest absolute Gasteiger partial charge is 0.229 e. The summed E-state index contributed by atoms with van der Waals surface area (Å²) in [6.07, 6.45) is 0. The van der Waals surface area contributed by atoms with Gasteiger partial charge in [0.2, 0.25) is 5.95 Å². The molecule has 0 fully saturated rings. The first-order chi connectivity index (χ1) is 13.1. The van der Waals surface area contributed by atoms with Gasteiger partial charge in [-0.3, -0.25) is 0 Å². The molecule has 3 rings (SSSR count). The molecular weight excluding hydrogens is 342 g/mol. The number of nitriles is 1. The number of hydrogen-bond donors (Lipinski definition) is 2. The highest BCUT2D eigenvalue weighted by Gasteiger charge is 2.09. The fraction of sp³-hybridized carbons (Fsp3) is 0.150. The van der Waals surface area contributed by atoms with Gasteiger partial charge in [0.05, 0.1) is 31.2 Å². The second-order valence-corrected chi connectivity index (χ2v) is 5.69. The van der Waals surface area contributed by atoms with E-state index in [-0.39, 0.29) is 0 Å². The lowest BCUT2D eigenvalue weighted by Gasteiger charge is -2.13. The zero-order valence-electron chi connectivity index (χ0n) is 15.3. The highest BCUT2D eigenvalue weighted by atomic mass is 16.5. The Morgan fingerprint density at radius 2 is 1.74 bits per heavy atom. The summed E-state index contributed by atoms with van der Waals surface area (Å²) in [5.74, 6) is 2.33. The predicted octanol–water partition coefficient (Wildman–Crippen LogP) is 4.16. The minimum absolute atomic E-state index is 0.396. The third-order valence-electron chi connectivity index (χ3n) is 3.82. The van der Waals surface area contributed by atoms with Crippen molar-refractivity contribution in [3.05, 3.63) is 59.8 Å². The van der Waals surface area contributed by atoms with Crippen LogP contribution < -0.4 is 20.1 Å². The van der Waals surface area contributed by atoms with E-state index in [1.165, 1.54) is 0 Å². The summed E-state index contributed by atoms with van der Waals surface area (Å²) in [5, 5.41) is 15.6. The fourth-order valence-electron chi connectivity index (χ4n) is 2.54. The van der Waals surface area contributed by atoms with Crippen LogP contribution in [0.1, 0.15) is 11.3 Å². The van der Waals surface area contributed by atoms with Crippen LogP contribution in [0.15, 0.2) is 48.5 Å². The number of para-hydroxylation sites is 1.